The molecule has 0 fully saturated rings. The molecule has 0 aromatic heterocycles. The van der Waals surface area contributed by atoms with Crippen LogP contribution in [0.5, 0.6) is 0 Å². The molecule has 0 aromatic carbocycles. The Labute approximate surface area is 72.7 Å². The van der Waals surface area contributed by atoms with Crippen LogP contribution in [0.4, 0.5) is 0 Å². The van der Waals surface area contributed by atoms with Crippen molar-refractivity contribution in [2.45, 2.75) is 6.92 Å². The van der Waals surface area contributed by atoms with E-state index in [0.29, 0.717) is 0 Å². The summed E-state index contributed by atoms with van der Waals surface area (Å²) in [5, 5.41) is 8.94. The summed E-state index contributed by atoms with van der Waals surface area (Å²) in [6, 6.07) is 0. The highest BCUT2D eigenvalue weighted by Crippen LogP contribution is 2.14. The predicted molar refractivity (Wildman–Crippen MR) is 37.4 cm³/mol. The molecule has 6 nitrogen and oxygen atoms in total. The van der Waals surface area contributed by atoms with Crippen LogP contribution < -0.4 is 0 Å². The van der Waals surface area contributed by atoms with E-state index < -0.39 is 29.2 Å². The summed E-state index contributed by atoms with van der Waals surface area (Å²) in [5.74, 6) is -4.12. The SMILES string of the molecule is CC(=O)C(=O)OC1=C(O)COC1=O. The van der Waals surface area contributed by atoms with Gasteiger partial charge in [0, 0.05) is 6.92 Å². The summed E-state index contributed by atoms with van der Waals surface area (Å²) in [6.07, 6.45) is 0. The smallest absolute Gasteiger partial charge is 0.380 e. The third-order valence-corrected chi connectivity index (χ3v) is 1.27. The van der Waals surface area contributed by atoms with Crippen molar-refractivity contribution in [2.24, 2.45) is 0 Å². The van der Waals surface area contributed by atoms with E-state index in [1.807, 2.05) is 0 Å². The maximum absolute atomic E-state index is 10.7. The zero-order valence-corrected chi connectivity index (χ0v) is 6.70. The van der Waals surface area contributed by atoms with Gasteiger partial charge in [-0.25, -0.2) is 9.59 Å². The van der Waals surface area contributed by atoms with Crippen LogP contribution in [0.15, 0.2) is 11.5 Å². The number of carbonyl (C=O) groups is 3. The van der Waals surface area contributed by atoms with Gasteiger partial charge in [0.15, 0.2) is 12.4 Å². The van der Waals surface area contributed by atoms with Gasteiger partial charge in [-0.15, -0.1) is 0 Å². The molecule has 1 aliphatic heterocycles. The monoisotopic (exact) mass is 186 g/mol. The van der Waals surface area contributed by atoms with E-state index in [1.54, 1.807) is 0 Å². The van der Waals surface area contributed by atoms with Crippen LogP contribution in [-0.4, -0.2) is 29.4 Å². The molecule has 0 aliphatic carbocycles. The van der Waals surface area contributed by atoms with Gasteiger partial charge in [-0.05, 0) is 0 Å². The first-order valence-electron chi connectivity index (χ1n) is 3.34. The lowest BCUT2D eigenvalue weighted by atomic mass is 10.4. The number of hydrogen-bond acceptors (Lipinski definition) is 6. The van der Waals surface area contributed by atoms with Crippen molar-refractivity contribution < 1.29 is 29.0 Å². The van der Waals surface area contributed by atoms with Gasteiger partial charge in [0.2, 0.25) is 5.78 Å². The molecule has 0 aromatic rings. The molecule has 1 rings (SSSR count). The molecule has 0 unspecified atom stereocenters. The number of carbonyl (C=O) groups excluding carboxylic acids is 3. The van der Waals surface area contributed by atoms with Crippen molar-refractivity contribution in [1.82, 2.24) is 0 Å². The van der Waals surface area contributed by atoms with Crippen LogP contribution >= 0.6 is 0 Å². The number of ether oxygens (including phenoxy) is 2. The molecule has 70 valence electrons. The van der Waals surface area contributed by atoms with Crippen LogP contribution in [0.1, 0.15) is 6.92 Å². The Hall–Kier alpha value is -1.85. The third-order valence-electron chi connectivity index (χ3n) is 1.27. The molecule has 0 amide bonds. The van der Waals surface area contributed by atoms with Crippen molar-refractivity contribution in [3.63, 3.8) is 0 Å². The Balaban J connectivity index is 2.74. The molecule has 0 saturated carbocycles. The maximum Gasteiger partial charge on any atom is 0.380 e. The van der Waals surface area contributed by atoms with E-state index in [0.717, 1.165) is 6.92 Å². The summed E-state index contributed by atoms with van der Waals surface area (Å²) >= 11 is 0. The molecule has 0 radical (unpaired) electrons. The summed E-state index contributed by atoms with van der Waals surface area (Å²) in [7, 11) is 0. The number of cyclic esters (lactones) is 1. The molecule has 1 aliphatic rings. The summed E-state index contributed by atoms with van der Waals surface area (Å²) in [4.78, 5) is 31.8. The second-order valence-electron chi connectivity index (χ2n) is 2.30. The zero-order chi connectivity index (χ0) is 10.0. The van der Waals surface area contributed by atoms with E-state index in [1.165, 1.54) is 0 Å². The fourth-order valence-electron chi connectivity index (χ4n) is 0.648. The normalized spacial score (nSPS) is 15.6. The number of ketones is 1. The number of Topliss-reactive ketones (excluding diaryl/α,β-unsaturated/α-hetero) is 1. The van der Waals surface area contributed by atoms with Crippen molar-refractivity contribution in [2.75, 3.05) is 6.61 Å². The number of hydrogen-bond donors (Lipinski definition) is 1. The lowest BCUT2D eigenvalue weighted by molar-refractivity contribution is -0.153. The van der Waals surface area contributed by atoms with Crippen LogP contribution in [-0.2, 0) is 23.9 Å². The maximum atomic E-state index is 10.7. The molecule has 6 heteroatoms. The average molecular weight is 186 g/mol. The summed E-state index contributed by atoms with van der Waals surface area (Å²) in [6.45, 7) is 0.652. The first-order valence-corrected chi connectivity index (χ1v) is 3.34. The van der Waals surface area contributed by atoms with Gasteiger partial charge in [-0.3, -0.25) is 4.79 Å². The first-order chi connectivity index (χ1) is 6.02. The Bertz CT molecular complexity index is 313. The molecule has 1 N–H and O–H groups in total. The topological polar surface area (TPSA) is 89.9 Å². The highest BCUT2D eigenvalue weighted by Gasteiger charge is 2.29. The first kappa shape index (κ1) is 9.24. The number of esters is 2. The van der Waals surface area contributed by atoms with Crippen molar-refractivity contribution in [3.05, 3.63) is 11.5 Å². The Kier molecular flexibility index (Phi) is 2.32. The van der Waals surface area contributed by atoms with Gasteiger partial charge >= 0.3 is 11.9 Å². The van der Waals surface area contributed by atoms with E-state index in [2.05, 4.69) is 9.47 Å². The van der Waals surface area contributed by atoms with E-state index >= 15 is 0 Å². The van der Waals surface area contributed by atoms with Crippen molar-refractivity contribution >= 4 is 17.7 Å². The molecule has 0 bridgehead atoms. The zero-order valence-electron chi connectivity index (χ0n) is 6.70. The molecule has 0 atom stereocenters. The Morgan fingerprint density at radius 2 is 2.15 bits per heavy atom. The van der Waals surface area contributed by atoms with Crippen molar-refractivity contribution in [1.29, 1.82) is 0 Å². The fraction of sp³-hybridized carbons (Fsp3) is 0.286. The highest BCUT2D eigenvalue weighted by molar-refractivity contribution is 6.33. The van der Waals surface area contributed by atoms with E-state index in [4.69, 9.17) is 5.11 Å². The number of rotatable bonds is 2. The molecule has 0 saturated heterocycles. The van der Waals surface area contributed by atoms with Gasteiger partial charge in [0.05, 0.1) is 0 Å². The second kappa shape index (κ2) is 3.26. The minimum Gasteiger partial charge on any atom is -0.505 e. The predicted octanol–water partition coefficient (Wildman–Crippen LogP) is -0.555. The van der Waals surface area contributed by atoms with E-state index in [9.17, 15) is 14.4 Å². The molecule has 1 heterocycles. The largest absolute Gasteiger partial charge is 0.505 e. The molecular weight excluding hydrogens is 180 g/mol. The number of aliphatic hydroxyl groups is 1. The third kappa shape index (κ3) is 1.84. The second-order valence-corrected chi connectivity index (χ2v) is 2.30. The van der Waals surface area contributed by atoms with Gasteiger partial charge in [0.1, 0.15) is 0 Å². The van der Waals surface area contributed by atoms with Crippen LogP contribution in [0, 0.1) is 0 Å². The summed E-state index contributed by atoms with van der Waals surface area (Å²) in [5.41, 5.74) is 0. The minimum atomic E-state index is -1.21. The highest BCUT2D eigenvalue weighted by atomic mass is 16.6. The number of aliphatic hydroxyl groups excluding tert-OH is 1. The standard InChI is InChI=1S/C7H6O6/c1-3(8)6(10)13-5-4(9)2-12-7(5)11/h9H,2H2,1H3. The lowest BCUT2D eigenvalue weighted by Crippen LogP contribution is -2.16. The van der Waals surface area contributed by atoms with Gasteiger partial charge in [-0.2, -0.15) is 0 Å². The quantitative estimate of drug-likeness (QED) is 0.459. The fourth-order valence-corrected chi connectivity index (χ4v) is 0.648. The Morgan fingerprint density at radius 3 is 2.54 bits per heavy atom. The van der Waals surface area contributed by atoms with Crippen LogP contribution in [0.3, 0.4) is 0 Å². The average Bonchev–Trinajstić information content (AvgIpc) is 2.35. The van der Waals surface area contributed by atoms with Gasteiger partial charge < -0.3 is 14.6 Å². The van der Waals surface area contributed by atoms with Crippen LogP contribution in [0.25, 0.3) is 0 Å². The Morgan fingerprint density at radius 1 is 1.54 bits per heavy atom. The molecule has 0 spiro atoms. The van der Waals surface area contributed by atoms with Gasteiger partial charge in [-0.1, -0.05) is 0 Å². The lowest BCUT2D eigenvalue weighted by Gasteiger charge is -1.98. The minimum absolute atomic E-state index is 0.334. The van der Waals surface area contributed by atoms with Crippen molar-refractivity contribution in [3.8, 4) is 0 Å². The molecule has 13 heavy (non-hydrogen) atoms. The van der Waals surface area contributed by atoms with Crippen LogP contribution in [0.2, 0.25) is 0 Å². The molecular formula is C7H6O6. The van der Waals surface area contributed by atoms with E-state index in [-0.39, 0.29) is 6.61 Å². The van der Waals surface area contributed by atoms with Gasteiger partial charge in [0.25, 0.3) is 5.76 Å². The summed E-state index contributed by atoms with van der Waals surface area (Å²) < 4.78 is 8.57.